The number of hydrogen-bond donors (Lipinski definition) is 2. The predicted octanol–water partition coefficient (Wildman–Crippen LogP) is 4.88. The molecule has 0 bridgehead atoms. The quantitative estimate of drug-likeness (QED) is 0.223. The van der Waals surface area contributed by atoms with Crippen LogP contribution in [0.15, 0.2) is 87.1 Å². The van der Waals surface area contributed by atoms with Crippen molar-refractivity contribution >= 4 is 73.8 Å². The maximum Gasteiger partial charge on any atom is 0.308 e. The Labute approximate surface area is 257 Å². The summed E-state index contributed by atoms with van der Waals surface area (Å²) in [6.07, 6.45) is 0. The van der Waals surface area contributed by atoms with Crippen LogP contribution in [-0.2, 0) is 20.9 Å². The van der Waals surface area contributed by atoms with Gasteiger partial charge in [-0.25, -0.2) is 4.90 Å². The Balaban J connectivity index is 1.41. The third-order valence-electron chi connectivity index (χ3n) is 7.36. The number of phenols is 1. The van der Waals surface area contributed by atoms with Crippen LogP contribution in [0.1, 0.15) is 16.4 Å². The zero-order valence-corrected chi connectivity index (χ0v) is 25.7. The molecule has 3 atom stereocenters. The number of benzene rings is 3. The van der Waals surface area contributed by atoms with Crippen molar-refractivity contribution in [3.8, 4) is 5.75 Å². The van der Waals surface area contributed by atoms with E-state index in [1.54, 1.807) is 36.4 Å². The molecule has 42 heavy (non-hydrogen) atoms. The Bertz CT molecular complexity index is 1750. The number of halogens is 1. The molecule has 2 aliphatic rings. The standard InChI is InChI=1S/C30H25BrN4O5S2/c1-33(2)19-9-3-16(4-10-19)23-24-25(28(39)35(27(24)38)20-11-5-17(31)6-12-20)41-29-26(23)42-30(40)34(29)15-22(37)32-18-7-13-21(36)14-8-18/h3-14,23-25,36H,15H2,1-2H3,(H,32,37)/t23-,24?,25?/m1/s1. The molecule has 12 heteroatoms. The van der Waals surface area contributed by atoms with Crippen LogP contribution in [0.25, 0.3) is 0 Å². The van der Waals surface area contributed by atoms with Crippen LogP contribution in [0.3, 0.4) is 0 Å². The molecule has 2 unspecified atom stereocenters. The van der Waals surface area contributed by atoms with E-state index in [1.807, 2.05) is 43.3 Å². The summed E-state index contributed by atoms with van der Waals surface area (Å²) in [5.74, 6) is -2.29. The minimum absolute atomic E-state index is 0.0692. The van der Waals surface area contributed by atoms with Gasteiger partial charge in [-0.2, -0.15) is 0 Å². The van der Waals surface area contributed by atoms with Gasteiger partial charge in [0.05, 0.1) is 16.6 Å². The number of rotatable bonds is 6. The van der Waals surface area contributed by atoms with Crippen molar-refractivity contribution in [2.75, 3.05) is 29.2 Å². The van der Waals surface area contributed by atoms with E-state index >= 15 is 0 Å². The van der Waals surface area contributed by atoms with Crippen LogP contribution >= 0.6 is 39.0 Å². The van der Waals surface area contributed by atoms with Gasteiger partial charge in [-0.15, -0.1) is 0 Å². The number of phenolic OH excluding ortho intramolecular Hbond substituents is 1. The average Bonchev–Trinajstić information content (AvgIpc) is 3.41. The number of aromatic hydroxyl groups is 1. The first-order chi connectivity index (χ1) is 20.1. The van der Waals surface area contributed by atoms with Gasteiger partial charge in [0.25, 0.3) is 0 Å². The number of carbonyl (C=O) groups excluding carboxylic acids is 3. The summed E-state index contributed by atoms with van der Waals surface area (Å²) in [5, 5.41) is 12.0. The van der Waals surface area contributed by atoms with E-state index < -0.39 is 23.0 Å². The van der Waals surface area contributed by atoms with Crippen molar-refractivity contribution in [3.05, 3.63) is 97.4 Å². The van der Waals surface area contributed by atoms with Crippen LogP contribution in [-0.4, -0.2) is 46.7 Å². The van der Waals surface area contributed by atoms with Gasteiger partial charge < -0.3 is 15.3 Å². The molecule has 0 aliphatic carbocycles. The van der Waals surface area contributed by atoms with Crippen molar-refractivity contribution in [1.82, 2.24) is 4.57 Å². The fourth-order valence-electron chi connectivity index (χ4n) is 5.33. The highest BCUT2D eigenvalue weighted by atomic mass is 79.9. The lowest BCUT2D eigenvalue weighted by Crippen LogP contribution is -2.33. The fourth-order valence-corrected chi connectivity index (χ4v) is 8.37. The Kier molecular flexibility index (Phi) is 7.46. The van der Waals surface area contributed by atoms with Crippen LogP contribution in [0, 0.1) is 5.92 Å². The van der Waals surface area contributed by atoms with Gasteiger partial charge in [0.2, 0.25) is 17.7 Å². The summed E-state index contributed by atoms with van der Waals surface area (Å²) in [4.78, 5) is 57.7. The summed E-state index contributed by atoms with van der Waals surface area (Å²) in [6.45, 7) is -0.263. The lowest BCUT2D eigenvalue weighted by atomic mass is 9.83. The SMILES string of the molecule is CN(C)c1ccc([C@H]2c3sc(=O)n(CC(=O)Nc4ccc(O)cc4)c3SC3C(=O)N(c4ccc(Br)cc4)C(=O)C32)cc1. The van der Waals surface area contributed by atoms with E-state index in [1.165, 1.54) is 33.4 Å². The normalized spacial score (nSPS) is 19.4. The minimum atomic E-state index is -0.771. The molecule has 3 aromatic carbocycles. The second-order valence-electron chi connectivity index (χ2n) is 10.2. The van der Waals surface area contributed by atoms with E-state index in [9.17, 15) is 24.3 Å². The van der Waals surface area contributed by atoms with Crippen molar-refractivity contribution in [2.45, 2.75) is 22.7 Å². The summed E-state index contributed by atoms with van der Waals surface area (Å²) < 4.78 is 2.21. The Morgan fingerprint density at radius 1 is 0.952 bits per heavy atom. The number of nitrogens with one attached hydrogen (secondary N) is 1. The molecule has 1 fully saturated rings. The number of carbonyl (C=O) groups is 3. The molecule has 3 amide bonds. The molecule has 9 nitrogen and oxygen atoms in total. The highest BCUT2D eigenvalue weighted by Crippen LogP contribution is 2.54. The molecular weight excluding hydrogens is 640 g/mol. The second kappa shape index (κ2) is 11.1. The van der Waals surface area contributed by atoms with Crippen molar-refractivity contribution < 1.29 is 19.5 Å². The fraction of sp³-hybridized carbons (Fsp3) is 0.200. The van der Waals surface area contributed by atoms with Crippen molar-refractivity contribution in [1.29, 1.82) is 0 Å². The molecule has 0 saturated carbocycles. The number of anilines is 3. The molecule has 1 saturated heterocycles. The third-order valence-corrected chi connectivity index (χ3v) is 10.5. The van der Waals surface area contributed by atoms with E-state index in [-0.39, 0.29) is 29.0 Å². The Morgan fingerprint density at radius 2 is 1.62 bits per heavy atom. The first-order valence-corrected chi connectivity index (χ1v) is 15.5. The van der Waals surface area contributed by atoms with Crippen molar-refractivity contribution in [2.24, 2.45) is 5.92 Å². The van der Waals surface area contributed by atoms with E-state index in [2.05, 4.69) is 21.2 Å². The lowest BCUT2D eigenvalue weighted by molar-refractivity contribution is -0.122. The zero-order valence-electron chi connectivity index (χ0n) is 22.5. The maximum absolute atomic E-state index is 14.0. The molecule has 3 heterocycles. The molecule has 1 aromatic heterocycles. The van der Waals surface area contributed by atoms with Gasteiger partial charge >= 0.3 is 4.87 Å². The van der Waals surface area contributed by atoms with Crippen LogP contribution in [0.2, 0.25) is 0 Å². The molecule has 214 valence electrons. The summed E-state index contributed by atoms with van der Waals surface area (Å²) in [7, 11) is 3.87. The van der Waals surface area contributed by atoms with Crippen molar-refractivity contribution in [3.63, 3.8) is 0 Å². The number of amides is 3. The van der Waals surface area contributed by atoms with E-state index in [0.29, 0.717) is 21.3 Å². The van der Waals surface area contributed by atoms with Gasteiger partial charge in [-0.05, 0) is 66.2 Å². The summed E-state index contributed by atoms with van der Waals surface area (Å²) in [6, 6.07) is 20.8. The van der Waals surface area contributed by atoms with Gasteiger partial charge in [0.1, 0.15) is 17.5 Å². The first kappa shape index (κ1) is 28.3. The van der Waals surface area contributed by atoms with Crippen LogP contribution < -0.4 is 20.0 Å². The Morgan fingerprint density at radius 3 is 2.26 bits per heavy atom. The molecular formula is C30H25BrN4O5S2. The maximum atomic E-state index is 14.0. The molecule has 6 rings (SSSR count). The predicted molar refractivity (Wildman–Crippen MR) is 168 cm³/mol. The van der Waals surface area contributed by atoms with Gasteiger partial charge in [0, 0.05) is 40.7 Å². The highest BCUT2D eigenvalue weighted by Gasteiger charge is 2.56. The smallest absolute Gasteiger partial charge is 0.308 e. The largest absolute Gasteiger partial charge is 0.508 e. The summed E-state index contributed by atoms with van der Waals surface area (Å²) >= 11 is 5.59. The molecule has 0 spiro atoms. The molecule has 0 radical (unpaired) electrons. The molecule has 2 aliphatic heterocycles. The second-order valence-corrected chi connectivity index (χ2v) is 13.3. The first-order valence-electron chi connectivity index (χ1n) is 13.0. The van der Waals surface area contributed by atoms with Gasteiger partial charge in [-0.3, -0.25) is 23.7 Å². The number of thiazole rings is 1. The number of thioether (sulfide) groups is 1. The van der Waals surface area contributed by atoms with Gasteiger partial charge in [-0.1, -0.05) is 51.2 Å². The number of hydrogen-bond acceptors (Lipinski definition) is 8. The number of nitrogens with zero attached hydrogens (tertiary/aromatic N) is 3. The minimum Gasteiger partial charge on any atom is -0.508 e. The van der Waals surface area contributed by atoms with Crippen LogP contribution in [0.5, 0.6) is 5.75 Å². The number of imide groups is 1. The number of fused-ring (bicyclic) bond motifs is 2. The topological polar surface area (TPSA) is 112 Å². The zero-order chi connectivity index (χ0) is 29.7. The summed E-state index contributed by atoms with van der Waals surface area (Å²) in [5.41, 5.74) is 2.75. The molecule has 4 aromatic rings. The highest BCUT2D eigenvalue weighted by molar-refractivity contribution is 9.10. The van der Waals surface area contributed by atoms with Crippen LogP contribution in [0.4, 0.5) is 17.1 Å². The van der Waals surface area contributed by atoms with E-state index in [0.717, 1.165) is 27.1 Å². The Hall–Kier alpha value is -3.87. The van der Waals surface area contributed by atoms with Gasteiger partial charge in [0.15, 0.2) is 0 Å². The number of aromatic nitrogens is 1. The lowest BCUT2D eigenvalue weighted by Gasteiger charge is -2.31. The third kappa shape index (κ3) is 5.03. The van der Waals surface area contributed by atoms with E-state index in [4.69, 9.17) is 0 Å². The molecule has 2 N–H and O–H groups in total. The average molecular weight is 666 g/mol. The monoisotopic (exact) mass is 664 g/mol.